The van der Waals surface area contributed by atoms with Crippen LogP contribution >= 0.6 is 0 Å². The van der Waals surface area contributed by atoms with Crippen molar-refractivity contribution >= 4 is 5.91 Å². The lowest BCUT2D eigenvalue weighted by atomic mass is 10.1. The lowest BCUT2D eigenvalue weighted by Crippen LogP contribution is -2.42. The fourth-order valence-electron chi connectivity index (χ4n) is 3.42. The largest absolute Gasteiger partial charge is 0.334 e. The van der Waals surface area contributed by atoms with Crippen LogP contribution in [0.15, 0.2) is 30.6 Å². The first-order valence-electron chi connectivity index (χ1n) is 8.74. The first kappa shape index (κ1) is 15.3. The minimum atomic E-state index is 0.103. The number of carbonyl (C=O) groups is 1. The highest BCUT2D eigenvalue weighted by Gasteiger charge is 2.36. The van der Waals surface area contributed by atoms with Crippen LogP contribution in [0.2, 0.25) is 0 Å². The van der Waals surface area contributed by atoms with Crippen molar-refractivity contribution in [2.45, 2.75) is 44.7 Å². The van der Waals surface area contributed by atoms with E-state index in [9.17, 15) is 4.79 Å². The Balaban J connectivity index is 1.57. The zero-order chi connectivity index (χ0) is 16.5. The topological polar surface area (TPSA) is 63.1 Å². The molecule has 1 unspecified atom stereocenters. The van der Waals surface area contributed by atoms with Crippen LogP contribution in [0.4, 0.5) is 0 Å². The average molecular weight is 325 g/mol. The zero-order valence-corrected chi connectivity index (χ0v) is 14.0. The maximum atomic E-state index is 13.1. The number of aromatic nitrogens is 3. The summed E-state index contributed by atoms with van der Waals surface area (Å²) in [5.41, 5.74) is 1.54. The highest BCUT2D eigenvalue weighted by Crippen LogP contribution is 2.30. The number of nitrogens with one attached hydrogen (secondary N) is 1. The highest BCUT2D eigenvalue weighted by atomic mass is 16.2. The van der Waals surface area contributed by atoms with Crippen LogP contribution in [0.1, 0.15) is 41.7 Å². The zero-order valence-electron chi connectivity index (χ0n) is 14.0. The Morgan fingerprint density at radius 1 is 1.38 bits per heavy atom. The first-order valence-corrected chi connectivity index (χ1v) is 8.74. The van der Waals surface area contributed by atoms with Gasteiger partial charge in [0.1, 0.15) is 0 Å². The summed E-state index contributed by atoms with van der Waals surface area (Å²) in [5.74, 6) is 0.843. The molecule has 1 saturated heterocycles. The van der Waals surface area contributed by atoms with Crippen molar-refractivity contribution in [1.82, 2.24) is 25.0 Å². The second-order valence-electron chi connectivity index (χ2n) is 6.73. The fraction of sp³-hybridized carbons (Fsp3) is 0.500. The molecule has 0 bridgehead atoms. The van der Waals surface area contributed by atoms with E-state index in [0.29, 0.717) is 17.6 Å². The van der Waals surface area contributed by atoms with Crippen molar-refractivity contribution in [3.05, 3.63) is 41.9 Å². The Labute approximate surface area is 141 Å². The van der Waals surface area contributed by atoms with E-state index in [1.165, 1.54) is 6.42 Å². The van der Waals surface area contributed by atoms with Crippen molar-refractivity contribution in [3.8, 4) is 5.82 Å². The van der Waals surface area contributed by atoms with Gasteiger partial charge < -0.3 is 10.2 Å². The Bertz CT molecular complexity index is 716. The monoisotopic (exact) mass is 325 g/mol. The molecule has 2 aromatic rings. The van der Waals surface area contributed by atoms with Crippen molar-refractivity contribution in [1.29, 1.82) is 0 Å². The molecule has 1 N–H and O–H groups in total. The van der Waals surface area contributed by atoms with Gasteiger partial charge in [-0.3, -0.25) is 4.79 Å². The molecular weight excluding hydrogens is 302 g/mol. The second-order valence-corrected chi connectivity index (χ2v) is 6.73. The predicted molar refractivity (Wildman–Crippen MR) is 91.2 cm³/mol. The molecule has 1 amide bonds. The van der Waals surface area contributed by atoms with Crippen LogP contribution in [0, 0.1) is 6.92 Å². The summed E-state index contributed by atoms with van der Waals surface area (Å²) in [6, 6.07) is 6.53. The van der Waals surface area contributed by atoms with Crippen LogP contribution in [-0.4, -0.2) is 50.7 Å². The summed E-state index contributed by atoms with van der Waals surface area (Å²) in [5, 5.41) is 7.89. The van der Waals surface area contributed by atoms with Crippen LogP contribution in [0.3, 0.4) is 0 Å². The van der Waals surface area contributed by atoms with Gasteiger partial charge in [-0.15, -0.1) is 0 Å². The molecule has 1 aliphatic carbocycles. The van der Waals surface area contributed by atoms with Gasteiger partial charge in [0, 0.05) is 24.8 Å². The predicted octanol–water partition coefficient (Wildman–Crippen LogP) is 1.93. The van der Waals surface area contributed by atoms with Gasteiger partial charge in [0.15, 0.2) is 5.82 Å². The molecule has 0 spiro atoms. The Morgan fingerprint density at radius 3 is 2.92 bits per heavy atom. The third-order valence-electron chi connectivity index (χ3n) is 4.93. The molecule has 1 aliphatic heterocycles. The molecule has 0 radical (unpaired) electrons. The number of hydrogen-bond donors (Lipinski definition) is 1. The minimum Gasteiger partial charge on any atom is -0.334 e. The number of carbonyl (C=O) groups excluding carboxylic acids is 1. The lowest BCUT2D eigenvalue weighted by molar-refractivity contribution is 0.0728. The standard InChI is InChI=1S/C18H23N5O/c1-13-16(11-21-23(13)17-6-2-3-9-20-17)18(24)22(15-7-8-15)12-14-5-4-10-19-14/h2-3,6,9,11,14-15,19H,4-5,7-8,10,12H2,1H3. The van der Waals surface area contributed by atoms with Crippen LogP contribution in [-0.2, 0) is 0 Å². The van der Waals surface area contributed by atoms with E-state index in [2.05, 4.69) is 20.3 Å². The van der Waals surface area contributed by atoms with Gasteiger partial charge in [-0.25, -0.2) is 9.67 Å². The summed E-state index contributed by atoms with van der Waals surface area (Å²) in [4.78, 5) is 19.5. The molecule has 2 aromatic heterocycles. The summed E-state index contributed by atoms with van der Waals surface area (Å²) >= 11 is 0. The van der Waals surface area contributed by atoms with Crippen molar-refractivity contribution in [2.24, 2.45) is 0 Å². The molecule has 126 valence electrons. The molecule has 1 saturated carbocycles. The summed E-state index contributed by atoms with van der Waals surface area (Å²) in [7, 11) is 0. The average Bonchev–Trinajstić information content (AvgIpc) is 3.17. The molecule has 6 nitrogen and oxygen atoms in total. The van der Waals surface area contributed by atoms with Crippen LogP contribution < -0.4 is 5.32 Å². The van der Waals surface area contributed by atoms with E-state index >= 15 is 0 Å². The molecule has 0 aromatic carbocycles. The van der Waals surface area contributed by atoms with E-state index in [4.69, 9.17) is 0 Å². The van der Waals surface area contributed by atoms with Gasteiger partial charge >= 0.3 is 0 Å². The van der Waals surface area contributed by atoms with Gasteiger partial charge in [0.05, 0.1) is 17.5 Å². The van der Waals surface area contributed by atoms with Crippen LogP contribution in [0.25, 0.3) is 5.82 Å². The van der Waals surface area contributed by atoms with E-state index in [-0.39, 0.29) is 5.91 Å². The van der Waals surface area contributed by atoms with Gasteiger partial charge in [0.25, 0.3) is 5.91 Å². The third kappa shape index (κ3) is 2.94. The molecule has 4 rings (SSSR count). The number of amides is 1. The van der Waals surface area contributed by atoms with Crippen LogP contribution in [0.5, 0.6) is 0 Å². The maximum absolute atomic E-state index is 13.1. The van der Waals surface area contributed by atoms with Gasteiger partial charge in [-0.2, -0.15) is 5.10 Å². The number of pyridine rings is 1. The highest BCUT2D eigenvalue weighted by molar-refractivity contribution is 5.95. The van der Waals surface area contributed by atoms with Gasteiger partial charge in [0.2, 0.25) is 0 Å². The van der Waals surface area contributed by atoms with Gasteiger partial charge in [-0.05, 0) is 51.3 Å². The fourth-order valence-corrected chi connectivity index (χ4v) is 3.42. The van der Waals surface area contributed by atoms with E-state index in [1.807, 2.05) is 25.1 Å². The van der Waals surface area contributed by atoms with Gasteiger partial charge in [-0.1, -0.05) is 6.07 Å². The second kappa shape index (κ2) is 6.36. The molecule has 6 heteroatoms. The van der Waals surface area contributed by atoms with Crippen molar-refractivity contribution in [3.63, 3.8) is 0 Å². The third-order valence-corrected chi connectivity index (χ3v) is 4.93. The number of hydrogen-bond acceptors (Lipinski definition) is 4. The van der Waals surface area contributed by atoms with E-state index in [1.54, 1.807) is 17.1 Å². The lowest BCUT2D eigenvalue weighted by Gasteiger charge is -2.25. The molecular formula is C18H23N5O. The number of nitrogens with zero attached hydrogens (tertiary/aromatic N) is 4. The minimum absolute atomic E-state index is 0.103. The number of rotatable bonds is 5. The SMILES string of the molecule is Cc1c(C(=O)N(CC2CCCN2)C2CC2)cnn1-c1ccccn1. The first-order chi connectivity index (χ1) is 11.7. The smallest absolute Gasteiger partial charge is 0.257 e. The Kier molecular flexibility index (Phi) is 4.06. The maximum Gasteiger partial charge on any atom is 0.257 e. The summed E-state index contributed by atoms with van der Waals surface area (Å²) in [6.45, 7) is 3.81. The molecule has 2 fully saturated rings. The van der Waals surface area contributed by atoms with Crippen molar-refractivity contribution < 1.29 is 4.79 Å². The van der Waals surface area contributed by atoms with E-state index in [0.717, 1.165) is 43.9 Å². The molecule has 3 heterocycles. The normalized spacial score (nSPS) is 20.3. The Morgan fingerprint density at radius 2 is 2.25 bits per heavy atom. The summed E-state index contributed by atoms with van der Waals surface area (Å²) in [6.07, 6.45) is 8.01. The van der Waals surface area contributed by atoms with E-state index < -0.39 is 0 Å². The summed E-state index contributed by atoms with van der Waals surface area (Å²) < 4.78 is 1.74. The van der Waals surface area contributed by atoms with Crippen molar-refractivity contribution in [2.75, 3.05) is 13.1 Å². The molecule has 1 atom stereocenters. The quantitative estimate of drug-likeness (QED) is 0.912. The molecule has 2 aliphatic rings. The Hall–Kier alpha value is -2.21. The molecule has 24 heavy (non-hydrogen) atoms.